The smallest absolute Gasteiger partial charge is 0.374 e. The van der Waals surface area contributed by atoms with Crippen LogP contribution in [0.15, 0.2) is 53.9 Å². The average molecular weight is 285 g/mol. The number of pyridine rings is 1. The predicted octanol–water partition coefficient (Wildman–Crippen LogP) is 1.04. The van der Waals surface area contributed by atoms with E-state index in [0.717, 1.165) is 5.56 Å². The third-order valence-corrected chi connectivity index (χ3v) is 2.91. The molecule has 0 saturated carbocycles. The SMILES string of the molecule is COc1ccccc1C(=O)[NH+]([O-])N=C(C)c1ccncc1. The number of hydrogen-bond donors (Lipinski definition) is 1. The normalized spacial score (nSPS) is 12.8. The number of quaternary nitrogens is 1. The van der Waals surface area contributed by atoms with Crippen molar-refractivity contribution in [2.24, 2.45) is 5.10 Å². The summed E-state index contributed by atoms with van der Waals surface area (Å²) in [5, 5.41) is 15.0. The van der Waals surface area contributed by atoms with Crippen molar-refractivity contribution in [3.05, 3.63) is 65.1 Å². The van der Waals surface area contributed by atoms with Crippen molar-refractivity contribution in [3.8, 4) is 5.75 Å². The molecule has 21 heavy (non-hydrogen) atoms. The van der Waals surface area contributed by atoms with Crippen LogP contribution in [0.1, 0.15) is 22.8 Å². The summed E-state index contributed by atoms with van der Waals surface area (Å²) in [6, 6.07) is 10.0. The number of nitrogens with one attached hydrogen (secondary N) is 1. The first-order chi connectivity index (χ1) is 10.1. The number of hydroxylamine groups is 1. The highest BCUT2D eigenvalue weighted by Gasteiger charge is 2.19. The van der Waals surface area contributed by atoms with Crippen molar-refractivity contribution >= 4 is 11.6 Å². The van der Waals surface area contributed by atoms with Crippen LogP contribution in [-0.2, 0) is 0 Å². The van der Waals surface area contributed by atoms with Gasteiger partial charge in [-0.2, -0.15) is 5.17 Å². The Morgan fingerprint density at radius 2 is 1.90 bits per heavy atom. The van der Waals surface area contributed by atoms with Gasteiger partial charge in [0.15, 0.2) is 0 Å². The van der Waals surface area contributed by atoms with E-state index in [4.69, 9.17) is 4.74 Å². The van der Waals surface area contributed by atoms with Crippen molar-refractivity contribution in [2.75, 3.05) is 7.11 Å². The quantitative estimate of drug-likeness (QED) is 0.672. The molecule has 0 fully saturated rings. The van der Waals surface area contributed by atoms with Gasteiger partial charge in [0.1, 0.15) is 17.0 Å². The molecule has 2 aromatic rings. The monoisotopic (exact) mass is 285 g/mol. The lowest BCUT2D eigenvalue weighted by molar-refractivity contribution is -0.764. The molecule has 0 aliphatic heterocycles. The highest BCUT2D eigenvalue weighted by Crippen LogP contribution is 2.15. The summed E-state index contributed by atoms with van der Waals surface area (Å²) in [6.45, 7) is 1.67. The summed E-state index contributed by atoms with van der Waals surface area (Å²) in [5.41, 5.74) is 1.41. The van der Waals surface area contributed by atoms with Crippen LogP contribution in [0.25, 0.3) is 0 Å². The third kappa shape index (κ3) is 3.50. The Kier molecular flexibility index (Phi) is 4.76. The molecule has 1 N–H and O–H groups in total. The Morgan fingerprint density at radius 1 is 1.24 bits per heavy atom. The van der Waals surface area contributed by atoms with Gasteiger partial charge in [-0.3, -0.25) is 4.98 Å². The molecule has 1 amide bonds. The Morgan fingerprint density at radius 3 is 2.57 bits per heavy atom. The first-order valence-electron chi connectivity index (χ1n) is 6.31. The van der Waals surface area contributed by atoms with Gasteiger partial charge in [-0.1, -0.05) is 17.2 Å². The first kappa shape index (κ1) is 14.8. The fourth-order valence-electron chi connectivity index (χ4n) is 1.81. The van der Waals surface area contributed by atoms with E-state index in [2.05, 4.69) is 10.1 Å². The van der Waals surface area contributed by atoms with Gasteiger partial charge in [0.2, 0.25) is 0 Å². The maximum atomic E-state index is 12.1. The molecule has 1 heterocycles. The second kappa shape index (κ2) is 6.74. The van der Waals surface area contributed by atoms with Crippen LogP contribution >= 0.6 is 0 Å². The van der Waals surface area contributed by atoms with Crippen LogP contribution in [0.5, 0.6) is 5.75 Å². The largest absolute Gasteiger partial charge is 0.598 e. The van der Waals surface area contributed by atoms with E-state index in [1.165, 1.54) is 13.2 Å². The number of amides is 1. The molecule has 108 valence electrons. The molecule has 1 atom stereocenters. The van der Waals surface area contributed by atoms with Crippen LogP contribution in [0.3, 0.4) is 0 Å². The lowest BCUT2D eigenvalue weighted by atomic mass is 10.2. The number of rotatable bonds is 4. The molecule has 6 nitrogen and oxygen atoms in total. The minimum Gasteiger partial charge on any atom is -0.598 e. The molecule has 0 spiro atoms. The maximum absolute atomic E-state index is 12.1. The van der Waals surface area contributed by atoms with Crippen LogP contribution in [0.2, 0.25) is 0 Å². The van der Waals surface area contributed by atoms with E-state index in [1.54, 1.807) is 49.6 Å². The number of hydrogen-bond acceptors (Lipinski definition) is 5. The van der Waals surface area contributed by atoms with Crippen molar-refractivity contribution in [3.63, 3.8) is 0 Å². The van der Waals surface area contributed by atoms with Gasteiger partial charge in [0, 0.05) is 18.0 Å². The van der Waals surface area contributed by atoms with Gasteiger partial charge in [0.25, 0.3) is 0 Å². The highest BCUT2D eigenvalue weighted by atomic mass is 16.5. The van der Waals surface area contributed by atoms with Crippen LogP contribution in [-0.4, -0.2) is 23.7 Å². The van der Waals surface area contributed by atoms with Crippen LogP contribution in [0.4, 0.5) is 0 Å². The topological polar surface area (TPSA) is 79.0 Å². The molecular weight excluding hydrogens is 270 g/mol. The lowest BCUT2D eigenvalue weighted by Crippen LogP contribution is -3.05. The average Bonchev–Trinajstić information content (AvgIpc) is 2.54. The van der Waals surface area contributed by atoms with E-state index in [1.807, 2.05) is 0 Å². The summed E-state index contributed by atoms with van der Waals surface area (Å²) in [7, 11) is 1.45. The number of para-hydroxylation sites is 1. The van der Waals surface area contributed by atoms with Crippen molar-refractivity contribution < 1.29 is 14.7 Å². The summed E-state index contributed by atoms with van der Waals surface area (Å²) in [4.78, 5) is 16.0. The third-order valence-electron chi connectivity index (χ3n) is 2.91. The van der Waals surface area contributed by atoms with Gasteiger partial charge in [-0.15, -0.1) is 0 Å². The van der Waals surface area contributed by atoms with E-state index >= 15 is 0 Å². The molecule has 1 aromatic carbocycles. The molecule has 0 saturated heterocycles. The van der Waals surface area contributed by atoms with Gasteiger partial charge < -0.3 is 9.94 Å². The van der Waals surface area contributed by atoms with E-state index < -0.39 is 11.1 Å². The van der Waals surface area contributed by atoms with Crippen molar-refractivity contribution in [1.29, 1.82) is 0 Å². The molecule has 0 radical (unpaired) electrons. The molecule has 0 bridgehead atoms. The second-order valence-corrected chi connectivity index (χ2v) is 4.27. The van der Waals surface area contributed by atoms with Gasteiger partial charge >= 0.3 is 5.91 Å². The number of methoxy groups -OCH3 is 1. The summed E-state index contributed by atoms with van der Waals surface area (Å²) >= 11 is 0. The molecular formula is C15H15N3O3. The number of nitrogens with zero attached hydrogens (tertiary/aromatic N) is 2. The lowest BCUT2D eigenvalue weighted by Gasteiger charge is -2.15. The number of carbonyl (C=O) groups is 1. The zero-order valence-corrected chi connectivity index (χ0v) is 11.7. The molecule has 0 aliphatic rings. The number of carbonyl (C=O) groups excluding carboxylic acids is 1. The molecule has 1 aromatic heterocycles. The molecule has 0 aliphatic carbocycles. The van der Waals surface area contributed by atoms with E-state index in [0.29, 0.717) is 11.5 Å². The summed E-state index contributed by atoms with van der Waals surface area (Å²) in [5.74, 6) is -0.339. The zero-order chi connectivity index (χ0) is 15.2. The minimum absolute atomic E-state index is 0.205. The Balaban J connectivity index is 2.24. The Hall–Kier alpha value is -2.57. The predicted molar refractivity (Wildman–Crippen MR) is 78.1 cm³/mol. The fraction of sp³-hybridized carbons (Fsp3) is 0.133. The van der Waals surface area contributed by atoms with Crippen LogP contribution < -0.4 is 9.91 Å². The molecule has 6 heteroatoms. The first-order valence-corrected chi connectivity index (χ1v) is 6.31. The Bertz CT molecular complexity index is 656. The second-order valence-electron chi connectivity index (χ2n) is 4.27. The van der Waals surface area contributed by atoms with Crippen molar-refractivity contribution in [2.45, 2.75) is 6.92 Å². The standard InChI is InChI=1S/C15H15N3O3/c1-11(12-7-9-16-10-8-12)17-18(20)15(19)13-5-3-4-6-14(13)21-2/h3-10,18H,1-2H3. The van der Waals surface area contributed by atoms with Crippen molar-refractivity contribution in [1.82, 2.24) is 4.98 Å². The highest BCUT2D eigenvalue weighted by molar-refractivity contribution is 5.98. The van der Waals surface area contributed by atoms with Crippen LogP contribution in [0, 0.1) is 5.21 Å². The minimum atomic E-state index is -0.825. The number of aromatic nitrogens is 1. The van der Waals surface area contributed by atoms with Gasteiger partial charge in [-0.05, 0) is 31.2 Å². The molecule has 1 unspecified atom stereocenters. The van der Waals surface area contributed by atoms with E-state index in [9.17, 15) is 10.0 Å². The zero-order valence-electron chi connectivity index (χ0n) is 11.7. The summed E-state index contributed by atoms with van der Waals surface area (Å²) < 4.78 is 5.08. The van der Waals surface area contributed by atoms with Gasteiger partial charge in [-0.25, -0.2) is 4.79 Å². The summed E-state index contributed by atoms with van der Waals surface area (Å²) in [6.07, 6.45) is 3.20. The molecule has 2 rings (SSSR count). The number of benzene rings is 1. The van der Waals surface area contributed by atoms with Gasteiger partial charge in [0.05, 0.1) is 7.11 Å². The fourth-order valence-corrected chi connectivity index (χ4v) is 1.81. The number of ether oxygens (including phenoxy) is 1. The maximum Gasteiger partial charge on any atom is 0.374 e. The Labute approximate surface area is 122 Å². The van der Waals surface area contributed by atoms with E-state index in [-0.39, 0.29) is 5.56 Å².